The number of hydrogen-bond donors (Lipinski definition) is 1. The number of carbonyl (C=O) groups excluding carboxylic acids is 1. The summed E-state index contributed by atoms with van der Waals surface area (Å²) in [6.45, 7) is 2.50. The van der Waals surface area contributed by atoms with E-state index in [1.165, 1.54) is 18.2 Å². The molecule has 0 amide bonds. The van der Waals surface area contributed by atoms with Crippen LogP contribution in [0, 0.1) is 11.8 Å². The van der Waals surface area contributed by atoms with Gasteiger partial charge in [-0.3, -0.25) is 4.79 Å². The van der Waals surface area contributed by atoms with Gasteiger partial charge in [-0.2, -0.15) is 0 Å². The molecule has 1 spiro atoms. The van der Waals surface area contributed by atoms with Gasteiger partial charge in [-0.1, -0.05) is 29.8 Å². The molecule has 254 valence electrons. The fourth-order valence-electron chi connectivity index (χ4n) is 8.73. The van der Waals surface area contributed by atoms with E-state index >= 15 is 0 Å². The number of nitrogens with zero attached hydrogens (tertiary/aromatic N) is 1. The van der Waals surface area contributed by atoms with Crippen molar-refractivity contribution in [2.75, 3.05) is 44.1 Å². The molecule has 1 saturated heterocycles. The van der Waals surface area contributed by atoms with Crippen molar-refractivity contribution in [2.45, 2.75) is 86.8 Å². The molecule has 2 aromatic carbocycles. The molecular formula is C37H46ClNO7S. The standard InChI is InChI=1S/C37H46ClNO7S/c1-44-35-8-2-7-32(40)29-12-9-26(29)20-39-22-37(15-3-5-24-17-27(38)11-13-30(24)37)23-46-34-14-10-25(18-31(34)39)33(41)21-47(42,43)36(35)19-28-6-4-16-45-28/h2,7,10-11,13-14,17-18,26,28-29,32,35-36,40H,3-6,8-9,12,15-16,19-23H2,1H3/b7-2+/t26-,28+,29+,32-,35-,36+,37-/m0/s1. The number of ketones is 1. The minimum absolute atomic E-state index is 0.0809. The van der Waals surface area contributed by atoms with Crippen LogP contribution >= 0.6 is 11.6 Å². The summed E-state index contributed by atoms with van der Waals surface area (Å²) >= 11 is 6.42. The van der Waals surface area contributed by atoms with Crippen molar-refractivity contribution in [1.29, 1.82) is 0 Å². The topological polar surface area (TPSA) is 102 Å². The summed E-state index contributed by atoms with van der Waals surface area (Å²) in [5, 5.41) is 11.2. The first-order valence-electron chi connectivity index (χ1n) is 17.2. The first-order chi connectivity index (χ1) is 22.7. The van der Waals surface area contributed by atoms with Gasteiger partial charge < -0.3 is 24.2 Å². The smallest absolute Gasteiger partial charge is 0.177 e. The SMILES string of the molecule is CO[C@H]1C/C=C/[C@H](O)[C@@H]2CC[C@H]2CN2C[C@@]3(CCCc4cc(Cl)ccc43)COc3ccc(cc32)C(=O)CS(=O)(=O)[C@@H]1C[C@H]1CCCO1. The number of hydrogen-bond acceptors (Lipinski definition) is 8. The van der Waals surface area contributed by atoms with Crippen LogP contribution in [-0.4, -0.2) is 82.0 Å². The zero-order valence-corrected chi connectivity index (χ0v) is 28.7. The maximum absolute atomic E-state index is 14.0. The summed E-state index contributed by atoms with van der Waals surface area (Å²) in [5.41, 5.74) is 3.40. The van der Waals surface area contributed by atoms with Crippen LogP contribution in [0.4, 0.5) is 5.69 Å². The van der Waals surface area contributed by atoms with Crippen LogP contribution in [0.2, 0.25) is 5.02 Å². The molecule has 47 heavy (non-hydrogen) atoms. The van der Waals surface area contributed by atoms with E-state index in [9.17, 15) is 18.3 Å². The number of aliphatic hydroxyl groups excluding tert-OH is 1. The Hall–Kier alpha value is -2.43. The van der Waals surface area contributed by atoms with E-state index in [-0.39, 0.29) is 29.8 Å². The number of aliphatic hydroxyl groups is 1. The second kappa shape index (κ2) is 13.5. The van der Waals surface area contributed by atoms with Gasteiger partial charge in [0.15, 0.2) is 15.6 Å². The zero-order valence-electron chi connectivity index (χ0n) is 27.1. The largest absolute Gasteiger partial charge is 0.490 e. The number of anilines is 1. The van der Waals surface area contributed by atoms with Crippen molar-refractivity contribution in [3.8, 4) is 5.75 Å². The van der Waals surface area contributed by atoms with E-state index in [0.717, 1.165) is 55.7 Å². The Morgan fingerprint density at radius 3 is 2.77 bits per heavy atom. The molecule has 0 radical (unpaired) electrons. The van der Waals surface area contributed by atoms with E-state index in [4.69, 9.17) is 25.8 Å². The molecule has 2 bridgehead atoms. The van der Waals surface area contributed by atoms with Crippen molar-refractivity contribution < 1.29 is 32.5 Å². The Bertz CT molecular complexity index is 1620. The lowest BCUT2D eigenvalue weighted by molar-refractivity contribution is 0.0447. The number of fused-ring (bicyclic) bond motifs is 4. The molecule has 10 heteroatoms. The normalized spacial score (nSPS) is 34.4. The molecule has 3 heterocycles. The van der Waals surface area contributed by atoms with Gasteiger partial charge in [-0.05, 0) is 111 Å². The number of sulfone groups is 1. The highest BCUT2D eigenvalue weighted by Gasteiger charge is 2.45. The van der Waals surface area contributed by atoms with E-state index in [0.29, 0.717) is 44.0 Å². The molecule has 7 rings (SSSR count). The monoisotopic (exact) mass is 683 g/mol. The average molecular weight is 684 g/mol. The highest BCUT2D eigenvalue weighted by molar-refractivity contribution is 7.92. The van der Waals surface area contributed by atoms with Crippen LogP contribution in [0.15, 0.2) is 48.6 Å². The molecule has 5 aliphatic rings. The van der Waals surface area contributed by atoms with Crippen LogP contribution in [0.5, 0.6) is 5.75 Å². The number of methoxy groups -OCH3 is 1. The number of ether oxygens (including phenoxy) is 3. The number of benzene rings is 2. The van der Waals surface area contributed by atoms with E-state index < -0.39 is 38.8 Å². The summed E-state index contributed by atoms with van der Waals surface area (Å²) in [5.74, 6) is -0.0213. The number of carbonyl (C=O) groups is 1. The Labute approximate surface area is 283 Å². The van der Waals surface area contributed by atoms with Gasteiger partial charge in [0.05, 0.1) is 35.9 Å². The molecule has 7 atom stereocenters. The van der Waals surface area contributed by atoms with Crippen molar-refractivity contribution in [1.82, 2.24) is 0 Å². The van der Waals surface area contributed by atoms with Crippen molar-refractivity contribution >= 4 is 32.9 Å². The molecule has 0 aromatic heterocycles. The first-order valence-corrected chi connectivity index (χ1v) is 19.3. The summed E-state index contributed by atoms with van der Waals surface area (Å²) in [6, 6.07) is 11.5. The Morgan fingerprint density at radius 1 is 1.13 bits per heavy atom. The van der Waals surface area contributed by atoms with Gasteiger partial charge in [0, 0.05) is 42.8 Å². The van der Waals surface area contributed by atoms with Gasteiger partial charge in [0.2, 0.25) is 0 Å². The zero-order chi connectivity index (χ0) is 32.8. The lowest BCUT2D eigenvalue weighted by Gasteiger charge is -2.45. The molecule has 2 aliphatic carbocycles. The van der Waals surface area contributed by atoms with Crippen LogP contribution in [0.3, 0.4) is 0 Å². The second-order valence-corrected chi connectivity index (χ2v) is 17.0. The van der Waals surface area contributed by atoms with Gasteiger partial charge >= 0.3 is 0 Å². The molecule has 2 fully saturated rings. The second-order valence-electron chi connectivity index (χ2n) is 14.4. The third kappa shape index (κ3) is 6.63. The van der Waals surface area contributed by atoms with Crippen LogP contribution in [0.1, 0.15) is 72.9 Å². The molecule has 3 aliphatic heterocycles. The van der Waals surface area contributed by atoms with Gasteiger partial charge in [-0.15, -0.1) is 0 Å². The van der Waals surface area contributed by atoms with Crippen LogP contribution < -0.4 is 9.64 Å². The van der Waals surface area contributed by atoms with Gasteiger partial charge in [-0.25, -0.2) is 8.42 Å². The summed E-state index contributed by atoms with van der Waals surface area (Å²) in [4.78, 5) is 16.2. The predicted molar refractivity (Wildman–Crippen MR) is 182 cm³/mol. The number of rotatable bonds is 3. The molecular weight excluding hydrogens is 638 g/mol. The van der Waals surface area contributed by atoms with Crippen molar-refractivity contribution in [3.63, 3.8) is 0 Å². The first kappa shape index (κ1) is 33.1. The maximum Gasteiger partial charge on any atom is 0.177 e. The highest BCUT2D eigenvalue weighted by atomic mass is 35.5. The fraction of sp³-hybridized carbons (Fsp3) is 0.595. The van der Waals surface area contributed by atoms with E-state index in [1.807, 2.05) is 30.4 Å². The maximum atomic E-state index is 14.0. The molecule has 2 aromatic rings. The van der Waals surface area contributed by atoms with Gasteiger partial charge in [0.25, 0.3) is 0 Å². The van der Waals surface area contributed by atoms with Crippen LogP contribution in [0.25, 0.3) is 0 Å². The lowest BCUT2D eigenvalue weighted by Crippen LogP contribution is -2.49. The summed E-state index contributed by atoms with van der Waals surface area (Å²) in [6.07, 6.45) is 9.32. The number of aryl methyl sites for hydroxylation is 1. The minimum atomic E-state index is -3.93. The number of Topliss-reactive ketones (excluding diaryl/α,β-unsaturated/α-hetero) is 1. The molecule has 8 nitrogen and oxygen atoms in total. The predicted octanol–water partition coefficient (Wildman–Crippen LogP) is 5.71. The molecule has 1 saturated carbocycles. The summed E-state index contributed by atoms with van der Waals surface area (Å²) < 4.78 is 46.3. The molecule has 1 N–H and O–H groups in total. The number of halogens is 1. The quantitative estimate of drug-likeness (QED) is 0.411. The van der Waals surface area contributed by atoms with Crippen molar-refractivity contribution in [2.24, 2.45) is 11.8 Å². The van der Waals surface area contributed by atoms with E-state index in [2.05, 4.69) is 17.0 Å². The third-order valence-electron chi connectivity index (χ3n) is 11.5. The lowest BCUT2D eigenvalue weighted by atomic mass is 9.68. The minimum Gasteiger partial charge on any atom is -0.490 e. The highest BCUT2D eigenvalue weighted by Crippen LogP contribution is 2.47. The fourth-order valence-corrected chi connectivity index (χ4v) is 10.9. The van der Waals surface area contributed by atoms with Gasteiger partial charge in [0.1, 0.15) is 11.5 Å². The third-order valence-corrected chi connectivity index (χ3v) is 13.8. The van der Waals surface area contributed by atoms with E-state index in [1.54, 1.807) is 6.07 Å². The Balaban J connectivity index is 1.27. The Morgan fingerprint density at radius 2 is 2.00 bits per heavy atom. The summed E-state index contributed by atoms with van der Waals surface area (Å²) in [7, 11) is -2.41. The van der Waals surface area contributed by atoms with Crippen molar-refractivity contribution in [3.05, 3.63) is 70.3 Å². The Kier molecular flexibility index (Phi) is 9.48. The van der Waals surface area contributed by atoms with Crippen LogP contribution in [-0.2, 0) is 31.1 Å². The molecule has 0 unspecified atom stereocenters. The average Bonchev–Trinajstić information content (AvgIpc) is 3.50.